The lowest BCUT2D eigenvalue weighted by atomic mass is 9.60. The summed E-state index contributed by atoms with van der Waals surface area (Å²) in [7, 11) is 3.72. The number of nitrogens with one attached hydrogen (secondary N) is 1. The van der Waals surface area contributed by atoms with E-state index in [9.17, 15) is 9.59 Å². The van der Waals surface area contributed by atoms with Crippen LogP contribution in [0.4, 0.5) is 5.82 Å². The van der Waals surface area contributed by atoms with Gasteiger partial charge in [0, 0.05) is 73.4 Å². The van der Waals surface area contributed by atoms with Crippen molar-refractivity contribution in [1.82, 2.24) is 34.7 Å². The SMILES string of the molecule is C=CC(=O)N1CC2(CC(n3nc(N4CC[C@@H](CN5CCC[C@H]5C(=O)N(C)C)CC4(C)C)c(-c4c(Cl)c(Cl)cc5[nH]ncc45)c3C)C2)C1. The molecule has 3 aromatic rings. The molecule has 1 N–H and O–H groups in total. The number of carbonyl (C=O) groups excluding carboxylic acids is 2. The predicted molar refractivity (Wildman–Crippen MR) is 187 cm³/mol. The highest BCUT2D eigenvalue weighted by Gasteiger charge is 2.55. The van der Waals surface area contributed by atoms with E-state index in [0.717, 1.165) is 105 Å². The highest BCUT2D eigenvalue weighted by molar-refractivity contribution is 6.45. The molecule has 2 atom stereocenters. The van der Waals surface area contributed by atoms with Crippen LogP contribution in [0.25, 0.3) is 22.0 Å². The summed E-state index contributed by atoms with van der Waals surface area (Å²) in [5, 5.41) is 14.7. The predicted octanol–water partition coefficient (Wildman–Crippen LogP) is 5.94. The van der Waals surface area contributed by atoms with E-state index in [1.807, 2.05) is 31.3 Å². The van der Waals surface area contributed by atoms with Crippen molar-refractivity contribution < 1.29 is 9.59 Å². The summed E-state index contributed by atoms with van der Waals surface area (Å²) >= 11 is 13.8. The summed E-state index contributed by atoms with van der Waals surface area (Å²) in [4.78, 5) is 33.6. The van der Waals surface area contributed by atoms with Gasteiger partial charge in [0.1, 0.15) is 0 Å². The molecule has 7 rings (SSSR count). The maximum atomic E-state index is 12.9. The number of carbonyl (C=O) groups is 2. The van der Waals surface area contributed by atoms with Gasteiger partial charge in [-0.3, -0.25) is 24.3 Å². The smallest absolute Gasteiger partial charge is 0.245 e. The summed E-state index contributed by atoms with van der Waals surface area (Å²) in [5.41, 5.74) is 3.73. The monoisotopic (exact) mass is 680 g/mol. The topological polar surface area (TPSA) is 93.6 Å². The van der Waals surface area contributed by atoms with E-state index >= 15 is 0 Å². The van der Waals surface area contributed by atoms with Crippen molar-refractivity contribution in [2.24, 2.45) is 11.3 Å². The van der Waals surface area contributed by atoms with Gasteiger partial charge in [0.15, 0.2) is 5.82 Å². The Hall–Kier alpha value is -3.08. The van der Waals surface area contributed by atoms with Gasteiger partial charge in [-0.25, -0.2) is 0 Å². The normalized spacial score (nSPS) is 24.1. The Labute approximate surface area is 287 Å². The third-order valence-corrected chi connectivity index (χ3v) is 12.1. The Kier molecular flexibility index (Phi) is 8.16. The van der Waals surface area contributed by atoms with Crippen molar-refractivity contribution in [1.29, 1.82) is 0 Å². The van der Waals surface area contributed by atoms with E-state index in [0.29, 0.717) is 16.0 Å². The van der Waals surface area contributed by atoms with Crippen molar-refractivity contribution in [3.8, 4) is 11.1 Å². The number of fused-ring (bicyclic) bond motifs is 1. The molecule has 4 aliphatic rings. The summed E-state index contributed by atoms with van der Waals surface area (Å²) in [6.45, 7) is 14.7. The van der Waals surface area contributed by atoms with Crippen molar-refractivity contribution in [2.45, 2.75) is 76.9 Å². The van der Waals surface area contributed by atoms with Gasteiger partial charge in [-0.1, -0.05) is 29.8 Å². The molecule has 0 bridgehead atoms. The van der Waals surface area contributed by atoms with Crippen LogP contribution in [0.5, 0.6) is 0 Å². The molecule has 1 spiro atoms. The number of likely N-dealkylation sites (tertiary alicyclic amines) is 2. The number of likely N-dealkylation sites (N-methyl/N-ethyl adjacent to an activating group) is 1. The van der Waals surface area contributed by atoms with E-state index < -0.39 is 0 Å². The van der Waals surface area contributed by atoms with Crippen LogP contribution in [0.3, 0.4) is 0 Å². The first-order chi connectivity index (χ1) is 22.3. The lowest BCUT2D eigenvalue weighted by Gasteiger charge is -2.58. The van der Waals surface area contributed by atoms with Crippen LogP contribution in [-0.2, 0) is 9.59 Å². The molecule has 4 fully saturated rings. The molecule has 252 valence electrons. The number of hydrogen-bond donors (Lipinski definition) is 1. The van der Waals surface area contributed by atoms with Gasteiger partial charge >= 0.3 is 0 Å². The number of aromatic amines is 1. The fourth-order valence-corrected chi connectivity index (χ4v) is 9.53. The van der Waals surface area contributed by atoms with Gasteiger partial charge < -0.3 is 14.7 Å². The zero-order valence-electron chi connectivity index (χ0n) is 28.2. The van der Waals surface area contributed by atoms with Crippen LogP contribution < -0.4 is 4.90 Å². The van der Waals surface area contributed by atoms with E-state index in [-0.39, 0.29) is 34.9 Å². The maximum Gasteiger partial charge on any atom is 0.245 e. The summed E-state index contributed by atoms with van der Waals surface area (Å²) in [6, 6.07) is 2.06. The average Bonchev–Trinajstić information content (AvgIpc) is 3.71. The van der Waals surface area contributed by atoms with E-state index in [2.05, 4.69) is 52.0 Å². The number of benzene rings is 1. The van der Waals surface area contributed by atoms with Gasteiger partial charge in [-0.05, 0) is 83.9 Å². The van der Waals surface area contributed by atoms with Crippen LogP contribution in [0.15, 0.2) is 24.9 Å². The first kappa shape index (κ1) is 32.5. The van der Waals surface area contributed by atoms with Crippen molar-refractivity contribution in [3.05, 3.63) is 40.7 Å². The average molecular weight is 682 g/mol. The molecule has 3 saturated heterocycles. The van der Waals surface area contributed by atoms with Crippen molar-refractivity contribution >= 4 is 51.7 Å². The number of hydrogen-bond acceptors (Lipinski definition) is 6. The highest BCUT2D eigenvalue weighted by Crippen LogP contribution is 2.56. The number of H-pyrrole nitrogens is 1. The number of rotatable bonds is 7. The first-order valence-electron chi connectivity index (χ1n) is 16.9. The van der Waals surface area contributed by atoms with Crippen LogP contribution in [0.1, 0.15) is 64.1 Å². The lowest BCUT2D eigenvalue weighted by molar-refractivity contribution is -0.149. The largest absolute Gasteiger partial charge is 0.349 e. The molecule has 0 radical (unpaired) electrons. The summed E-state index contributed by atoms with van der Waals surface area (Å²) in [5.74, 6) is 1.63. The molecule has 3 aliphatic heterocycles. The number of amides is 2. The van der Waals surface area contributed by atoms with Crippen LogP contribution in [-0.4, -0.2) is 105 Å². The van der Waals surface area contributed by atoms with Crippen LogP contribution in [0, 0.1) is 18.3 Å². The Morgan fingerprint density at radius 1 is 1.13 bits per heavy atom. The molecule has 1 aliphatic carbocycles. The molecule has 47 heavy (non-hydrogen) atoms. The molecule has 0 unspecified atom stereocenters. The number of aromatic nitrogens is 4. The van der Waals surface area contributed by atoms with E-state index in [1.165, 1.54) is 6.08 Å². The third kappa shape index (κ3) is 5.44. The second kappa shape index (κ2) is 11.8. The minimum absolute atomic E-state index is 0.00818. The molecular formula is C35H46Cl2N8O2. The van der Waals surface area contributed by atoms with Crippen molar-refractivity contribution in [2.75, 3.05) is 51.7 Å². The number of piperidine rings is 1. The maximum absolute atomic E-state index is 12.9. The number of nitrogens with zero attached hydrogens (tertiary/aromatic N) is 7. The zero-order chi connectivity index (χ0) is 33.4. The molecule has 1 saturated carbocycles. The molecular weight excluding hydrogens is 635 g/mol. The van der Waals surface area contributed by atoms with Gasteiger partial charge in [0.25, 0.3) is 0 Å². The summed E-state index contributed by atoms with van der Waals surface area (Å²) < 4.78 is 2.21. The molecule has 2 amide bonds. The second-order valence-corrected chi connectivity index (χ2v) is 16.1. The molecule has 10 nitrogen and oxygen atoms in total. The standard InChI is InChI=1S/C35H46Cl2N8O2/c1-7-28(46)43-19-35(20-43)15-23(16-35)45-21(2)29(30-24-17-38-39-26(24)13-25(36)31(30)37)32(40-45)44-12-10-22(14-34(44,3)4)18-42-11-8-9-27(42)33(47)41(5)6/h7,13,17,22-23,27H,1,8-12,14-16,18-20H2,2-6H3,(H,38,39)/t22-,27+/m1/s1. The quantitative estimate of drug-likeness (QED) is 0.311. The lowest BCUT2D eigenvalue weighted by Crippen LogP contribution is -2.63. The Bertz CT molecular complexity index is 1730. The molecule has 5 heterocycles. The van der Waals surface area contributed by atoms with Gasteiger partial charge in [0.2, 0.25) is 11.8 Å². The molecule has 2 aromatic heterocycles. The van der Waals surface area contributed by atoms with Gasteiger partial charge in [0.05, 0.1) is 33.8 Å². The first-order valence-corrected chi connectivity index (χ1v) is 17.6. The Morgan fingerprint density at radius 3 is 2.55 bits per heavy atom. The van der Waals surface area contributed by atoms with E-state index in [1.54, 1.807) is 4.90 Å². The number of anilines is 1. The fraction of sp³-hybridized carbons (Fsp3) is 0.600. The minimum Gasteiger partial charge on any atom is -0.349 e. The molecule has 12 heteroatoms. The Morgan fingerprint density at radius 2 is 1.87 bits per heavy atom. The summed E-state index contributed by atoms with van der Waals surface area (Å²) in [6.07, 6.45) is 9.20. The fourth-order valence-electron chi connectivity index (χ4n) is 9.07. The van der Waals surface area contributed by atoms with Crippen LogP contribution in [0.2, 0.25) is 10.0 Å². The van der Waals surface area contributed by atoms with Gasteiger partial charge in [-0.15, -0.1) is 0 Å². The third-order valence-electron chi connectivity index (χ3n) is 11.4. The van der Waals surface area contributed by atoms with Gasteiger partial charge in [-0.2, -0.15) is 10.2 Å². The molecule has 1 aromatic carbocycles. The van der Waals surface area contributed by atoms with Crippen LogP contribution >= 0.6 is 23.2 Å². The highest BCUT2D eigenvalue weighted by atomic mass is 35.5. The Balaban J connectivity index is 1.20. The minimum atomic E-state index is -0.189. The number of halogens is 2. The zero-order valence-corrected chi connectivity index (χ0v) is 29.7. The van der Waals surface area contributed by atoms with E-state index in [4.69, 9.17) is 28.3 Å². The second-order valence-electron chi connectivity index (χ2n) is 15.3. The van der Waals surface area contributed by atoms with Crippen molar-refractivity contribution in [3.63, 3.8) is 0 Å².